The van der Waals surface area contributed by atoms with Crippen LogP contribution in [0.3, 0.4) is 0 Å². The van der Waals surface area contributed by atoms with Crippen LogP contribution in [-0.2, 0) is 0 Å². The van der Waals surface area contributed by atoms with Crippen LogP contribution in [0.1, 0.15) is 1.43 Å². The zero-order chi connectivity index (χ0) is 4.28. The van der Waals surface area contributed by atoms with Gasteiger partial charge in [-0.1, -0.05) is 12.2 Å². The van der Waals surface area contributed by atoms with Crippen LogP contribution in [0.4, 0.5) is 0 Å². The maximum Gasteiger partial charge on any atom is 1.00 e. The first-order valence-corrected chi connectivity index (χ1v) is 1.82. The van der Waals surface area contributed by atoms with Gasteiger partial charge in [-0.3, -0.25) is 0 Å². The van der Waals surface area contributed by atoms with E-state index in [-0.39, 0.29) is 52.8 Å². The van der Waals surface area contributed by atoms with Gasteiger partial charge in [0, 0.05) is 0 Å². The summed E-state index contributed by atoms with van der Waals surface area (Å²) in [5, 5.41) is 0. The van der Waals surface area contributed by atoms with Crippen LogP contribution in [0, 0.1) is 0 Å². The summed E-state index contributed by atoms with van der Waals surface area (Å²) in [6.07, 6.45) is 0. The number of hydrazine groups is 1. The van der Waals surface area contributed by atoms with Crippen LogP contribution >= 0.6 is 24.8 Å². The number of hydrogen-bond acceptors (Lipinski definition) is 2. The fourth-order valence-electron chi connectivity index (χ4n) is 0. The molecule has 0 atom stereocenters. The maximum atomic E-state index is 4.70. The third-order valence-electron chi connectivity index (χ3n) is 0.123. The Hall–Kier alpha value is 1.84. The molecule has 0 amide bonds. The van der Waals surface area contributed by atoms with Crippen molar-refractivity contribution in [3.63, 3.8) is 0 Å². The van der Waals surface area contributed by atoms with E-state index in [1.165, 1.54) is 0 Å². The molecular weight excluding hydrogens is 143 g/mol. The first kappa shape index (κ1) is 10.8. The molecular formula is CH5KN2S2. The van der Waals surface area contributed by atoms with Crippen molar-refractivity contribution in [2.45, 2.75) is 0 Å². The first-order valence-electron chi connectivity index (χ1n) is 0.966. The van der Waals surface area contributed by atoms with Gasteiger partial charge in [0.2, 0.25) is 0 Å². The molecule has 2 nitrogen and oxygen atoms in total. The van der Waals surface area contributed by atoms with Gasteiger partial charge in [-0.25, -0.2) is 5.84 Å². The summed E-state index contributed by atoms with van der Waals surface area (Å²) in [7, 11) is 0. The van der Waals surface area contributed by atoms with Crippen LogP contribution in [0.25, 0.3) is 0 Å². The fraction of sp³-hybridized carbons (Fsp3) is 0. The molecule has 0 radical (unpaired) electrons. The minimum Gasteiger partial charge on any atom is -1.00 e. The van der Waals surface area contributed by atoms with E-state index in [4.69, 9.17) is 5.84 Å². The fourth-order valence-corrected chi connectivity index (χ4v) is 0. The Kier molecular flexibility index (Phi) is 12.3. The molecule has 0 unspecified atom stereocenters. The van der Waals surface area contributed by atoms with Crippen molar-refractivity contribution in [2.75, 3.05) is 0 Å². The van der Waals surface area contributed by atoms with Gasteiger partial charge in [-0.15, -0.1) is 12.6 Å². The second kappa shape index (κ2) is 6.84. The van der Waals surface area contributed by atoms with Crippen molar-refractivity contribution >= 4 is 29.2 Å². The van der Waals surface area contributed by atoms with E-state index in [0.29, 0.717) is 4.32 Å². The Labute approximate surface area is 91.5 Å². The molecule has 32 valence electrons. The Balaban J connectivity index is -0.0000000800. The van der Waals surface area contributed by atoms with E-state index >= 15 is 0 Å². The molecule has 0 aromatic rings. The van der Waals surface area contributed by atoms with Gasteiger partial charge in [-0.05, 0) is 0 Å². The third kappa shape index (κ3) is 9.28. The van der Waals surface area contributed by atoms with Gasteiger partial charge >= 0.3 is 51.4 Å². The third-order valence-corrected chi connectivity index (χ3v) is 0.370. The molecule has 0 aliphatic heterocycles. The predicted molar refractivity (Wildman–Crippen MR) is 30.0 cm³/mol. The second-order valence-electron chi connectivity index (χ2n) is 0.449. The SMILES string of the molecule is NNC(=S)S.[H-].[K+]. The average molecular weight is 148 g/mol. The molecule has 0 saturated carbocycles. The smallest absolute Gasteiger partial charge is 1.00 e. The van der Waals surface area contributed by atoms with Gasteiger partial charge in [-0.2, -0.15) is 0 Å². The number of thiocarbonyl (C=S) groups is 1. The van der Waals surface area contributed by atoms with E-state index in [2.05, 4.69) is 30.3 Å². The summed E-state index contributed by atoms with van der Waals surface area (Å²) in [6, 6.07) is 0. The second-order valence-corrected chi connectivity index (χ2v) is 1.61. The van der Waals surface area contributed by atoms with Gasteiger partial charge in [0.05, 0.1) is 0 Å². The molecule has 6 heavy (non-hydrogen) atoms. The summed E-state index contributed by atoms with van der Waals surface area (Å²) >= 11 is 7.92. The van der Waals surface area contributed by atoms with Crippen molar-refractivity contribution in [3.05, 3.63) is 0 Å². The molecule has 0 bridgehead atoms. The van der Waals surface area contributed by atoms with Crippen LogP contribution < -0.4 is 62.7 Å². The topological polar surface area (TPSA) is 38.0 Å². The van der Waals surface area contributed by atoms with Crippen molar-refractivity contribution in [3.8, 4) is 0 Å². The Morgan fingerprint density at radius 2 is 2.17 bits per heavy atom. The van der Waals surface area contributed by atoms with Gasteiger partial charge in [0.1, 0.15) is 4.32 Å². The van der Waals surface area contributed by atoms with E-state index in [0.717, 1.165) is 0 Å². The molecule has 0 rings (SSSR count). The Morgan fingerprint density at radius 1 is 2.00 bits per heavy atom. The molecule has 0 saturated heterocycles. The minimum atomic E-state index is 0. The van der Waals surface area contributed by atoms with Crippen LogP contribution in [-0.4, -0.2) is 4.32 Å². The average Bonchev–Trinajstić information content (AvgIpc) is 1.38. The molecule has 0 aliphatic carbocycles. The number of hydrogen-bond donors (Lipinski definition) is 3. The predicted octanol–water partition coefficient (Wildman–Crippen LogP) is -3.22. The van der Waals surface area contributed by atoms with Gasteiger partial charge < -0.3 is 6.85 Å². The molecule has 0 heterocycles. The zero-order valence-electron chi connectivity index (χ0n) is 4.43. The van der Waals surface area contributed by atoms with E-state index < -0.39 is 0 Å². The maximum absolute atomic E-state index is 4.70. The van der Waals surface area contributed by atoms with Crippen molar-refractivity contribution in [1.82, 2.24) is 5.43 Å². The van der Waals surface area contributed by atoms with Gasteiger partial charge in [0.25, 0.3) is 0 Å². The monoisotopic (exact) mass is 148 g/mol. The quantitative estimate of drug-likeness (QED) is 0.111. The van der Waals surface area contributed by atoms with E-state index in [1.807, 2.05) is 0 Å². The van der Waals surface area contributed by atoms with Crippen molar-refractivity contribution in [1.29, 1.82) is 0 Å². The Bertz CT molecular complexity index is 51.0. The number of thiol groups is 1. The molecule has 3 N–H and O–H groups in total. The summed E-state index contributed by atoms with van der Waals surface area (Å²) in [5.41, 5.74) is 2.12. The van der Waals surface area contributed by atoms with Crippen molar-refractivity contribution < 1.29 is 52.8 Å². The van der Waals surface area contributed by atoms with E-state index in [1.54, 1.807) is 0 Å². The van der Waals surface area contributed by atoms with Crippen LogP contribution in [0.5, 0.6) is 0 Å². The number of nitrogens with one attached hydrogen (secondary N) is 1. The van der Waals surface area contributed by atoms with Crippen LogP contribution in [0.15, 0.2) is 0 Å². The summed E-state index contributed by atoms with van der Waals surface area (Å²) < 4.78 is 0.310. The zero-order valence-corrected chi connectivity index (χ0v) is 8.27. The summed E-state index contributed by atoms with van der Waals surface area (Å²) in [6.45, 7) is 0. The first-order chi connectivity index (χ1) is 2.27. The number of nitrogens with two attached hydrogens (primary N) is 1. The molecule has 0 aliphatic rings. The molecule has 0 fully saturated rings. The van der Waals surface area contributed by atoms with E-state index in [9.17, 15) is 0 Å². The molecule has 0 spiro atoms. The molecule has 5 heteroatoms. The summed E-state index contributed by atoms with van der Waals surface area (Å²) in [5.74, 6) is 4.70. The standard InChI is InChI=1S/CH4N2S2.K.H/c2-3-1(4)5;;/h2H2,(H2,3,4,5);;/q;+1;-1. The summed E-state index contributed by atoms with van der Waals surface area (Å²) in [4.78, 5) is 0. The van der Waals surface area contributed by atoms with Gasteiger partial charge in [0.15, 0.2) is 0 Å². The minimum absolute atomic E-state index is 0. The normalized spacial score (nSPS) is 5.67. The van der Waals surface area contributed by atoms with Crippen LogP contribution in [0.2, 0.25) is 0 Å². The molecule has 0 aromatic heterocycles. The molecule has 0 aromatic carbocycles. The largest absolute Gasteiger partial charge is 1.00 e. The van der Waals surface area contributed by atoms with Crippen molar-refractivity contribution in [2.24, 2.45) is 5.84 Å². The number of rotatable bonds is 0. The Morgan fingerprint density at radius 3 is 2.17 bits per heavy atom.